The van der Waals surface area contributed by atoms with Crippen molar-refractivity contribution in [2.45, 2.75) is 22.5 Å². The molecule has 288 valence electrons. The fourth-order valence-corrected chi connectivity index (χ4v) is 11.9. The normalized spacial score (nSPS) is 16.5. The lowest BCUT2D eigenvalue weighted by Gasteiger charge is -2.38. The fraction of sp³-hybridized carbons (Fsp3) is 0.0545. The summed E-state index contributed by atoms with van der Waals surface area (Å²) in [5.41, 5.74) is 15.9. The van der Waals surface area contributed by atoms with E-state index in [9.17, 15) is 0 Å². The third kappa shape index (κ3) is 6.05. The average Bonchev–Trinajstić information content (AvgIpc) is 3.86. The van der Waals surface area contributed by atoms with Crippen LogP contribution in [0.1, 0.15) is 23.6 Å². The maximum absolute atomic E-state index is 5.58. The highest BCUT2D eigenvalue weighted by molar-refractivity contribution is 8.01. The summed E-state index contributed by atoms with van der Waals surface area (Å²) in [5.74, 6) is 0. The van der Waals surface area contributed by atoms with E-state index < -0.39 is 0 Å². The summed E-state index contributed by atoms with van der Waals surface area (Å²) in [7, 11) is 0. The maximum atomic E-state index is 5.58. The first-order chi connectivity index (χ1) is 30.1. The van der Waals surface area contributed by atoms with Gasteiger partial charge in [-0.05, 0) is 130 Å². The van der Waals surface area contributed by atoms with Gasteiger partial charge in [0.15, 0.2) is 0 Å². The Morgan fingerprint density at radius 3 is 1.84 bits per heavy atom. The van der Waals surface area contributed by atoms with Crippen molar-refractivity contribution in [3.8, 4) is 56.2 Å². The van der Waals surface area contributed by atoms with E-state index >= 15 is 0 Å². The summed E-state index contributed by atoms with van der Waals surface area (Å²) in [6.45, 7) is 2.42. The molecule has 6 aromatic carbocycles. The van der Waals surface area contributed by atoms with Crippen LogP contribution in [0.3, 0.4) is 0 Å². The van der Waals surface area contributed by atoms with Gasteiger partial charge in [-0.25, -0.2) is 4.98 Å². The summed E-state index contributed by atoms with van der Waals surface area (Å²) >= 11 is 3.80. The molecule has 0 spiro atoms. The minimum absolute atomic E-state index is 0.138. The lowest BCUT2D eigenvalue weighted by atomic mass is 9.69. The van der Waals surface area contributed by atoms with E-state index in [1.165, 1.54) is 47.3 Å². The average molecular weight is 817 g/mol. The second-order valence-electron chi connectivity index (χ2n) is 15.9. The van der Waals surface area contributed by atoms with E-state index in [1.807, 2.05) is 71.9 Å². The van der Waals surface area contributed by atoms with E-state index in [0.29, 0.717) is 0 Å². The molecule has 0 saturated heterocycles. The van der Waals surface area contributed by atoms with Crippen LogP contribution in [0.5, 0.6) is 0 Å². The molecule has 0 amide bonds. The first-order valence-electron chi connectivity index (χ1n) is 20.5. The molecule has 0 N–H and O–H groups in total. The predicted octanol–water partition coefficient (Wildman–Crippen LogP) is 14.5. The Bertz CT molecular complexity index is 3300. The number of hydrogen-bond donors (Lipinski definition) is 0. The van der Waals surface area contributed by atoms with Gasteiger partial charge in [-0.3, -0.25) is 15.0 Å². The number of aliphatic imine (C=N–C) groups is 1. The standard InChI is InChI=1S/C55H36N4S2/c1-55-43-25-23-39(38-24-26-51-42(30-38)41-13-2-4-17-50(41)60-51)31-47(43)59-53(54(55)61-52-18-5-3-14-44(52)55)35-21-19-34(20-22-35)36-11-10-12-37(29-36)40-32-48(45-15-6-8-27-56-45)58-49(33-40)46-16-7-9-28-57-46/h2-33,54H,1H3. The van der Waals surface area contributed by atoms with Crippen molar-refractivity contribution in [1.29, 1.82) is 0 Å². The van der Waals surface area contributed by atoms with Gasteiger partial charge in [-0.2, -0.15) is 0 Å². The molecule has 2 unspecified atom stereocenters. The largest absolute Gasteiger partial charge is 0.255 e. The summed E-state index contributed by atoms with van der Waals surface area (Å²) in [6, 6.07) is 65.4. The molecule has 2 aliphatic heterocycles. The van der Waals surface area contributed by atoms with E-state index in [0.717, 1.165) is 62.0 Å². The molecule has 12 rings (SSSR count). The quantitative estimate of drug-likeness (QED) is 0.168. The van der Waals surface area contributed by atoms with Crippen molar-refractivity contribution in [3.63, 3.8) is 0 Å². The third-order valence-electron chi connectivity index (χ3n) is 12.4. The number of fused-ring (bicyclic) bond motifs is 8. The molecule has 4 aromatic heterocycles. The lowest BCUT2D eigenvalue weighted by molar-refractivity contribution is 0.608. The van der Waals surface area contributed by atoms with Gasteiger partial charge in [-0.1, -0.05) is 109 Å². The Kier molecular flexibility index (Phi) is 8.44. The van der Waals surface area contributed by atoms with Crippen LogP contribution < -0.4 is 0 Å². The van der Waals surface area contributed by atoms with Crippen molar-refractivity contribution >= 4 is 54.7 Å². The number of benzene rings is 6. The first-order valence-corrected chi connectivity index (χ1v) is 22.2. The zero-order valence-electron chi connectivity index (χ0n) is 33.2. The molecule has 2 aliphatic rings. The van der Waals surface area contributed by atoms with E-state index in [2.05, 4.69) is 162 Å². The number of thiophene rings is 1. The number of aromatic nitrogens is 3. The Hall–Kier alpha value is -6.99. The lowest BCUT2D eigenvalue weighted by Crippen LogP contribution is -2.40. The van der Waals surface area contributed by atoms with Crippen molar-refractivity contribution in [1.82, 2.24) is 15.0 Å². The van der Waals surface area contributed by atoms with Crippen LogP contribution in [0.15, 0.2) is 204 Å². The number of rotatable bonds is 6. The Labute approximate surface area is 362 Å². The summed E-state index contributed by atoms with van der Waals surface area (Å²) in [4.78, 5) is 21.1. The summed E-state index contributed by atoms with van der Waals surface area (Å²) < 4.78 is 2.64. The molecule has 61 heavy (non-hydrogen) atoms. The van der Waals surface area contributed by atoms with Gasteiger partial charge < -0.3 is 0 Å². The second-order valence-corrected chi connectivity index (χ2v) is 18.2. The molecule has 6 heterocycles. The highest BCUT2D eigenvalue weighted by atomic mass is 32.2. The van der Waals surface area contributed by atoms with Crippen molar-refractivity contribution in [3.05, 3.63) is 211 Å². The summed E-state index contributed by atoms with van der Waals surface area (Å²) in [6.07, 6.45) is 3.61. The summed E-state index contributed by atoms with van der Waals surface area (Å²) in [5, 5.41) is 2.76. The minimum atomic E-state index is -0.237. The maximum Gasteiger partial charge on any atom is 0.0900 e. The van der Waals surface area contributed by atoms with E-state index in [1.54, 1.807) is 0 Å². The monoisotopic (exact) mass is 816 g/mol. The molecule has 0 bridgehead atoms. The highest BCUT2D eigenvalue weighted by Crippen LogP contribution is 2.58. The SMILES string of the molecule is CC12c3ccc(-c4ccc5sc6ccccc6c5c4)cc3N=C(c3ccc(-c4cccc(-c5cc(-c6ccccn6)nc(-c6ccccn6)c5)c4)cc3)C1Sc1ccccc12. The zero-order chi connectivity index (χ0) is 40.5. The molecular formula is C55H36N4S2. The van der Waals surface area contributed by atoms with Crippen LogP contribution in [0.25, 0.3) is 76.3 Å². The Morgan fingerprint density at radius 2 is 1.07 bits per heavy atom. The van der Waals surface area contributed by atoms with Crippen molar-refractivity contribution in [2.24, 2.45) is 4.99 Å². The van der Waals surface area contributed by atoms with Gasteiger partial charge >= 0.3 is 0 Å². The molecule has 0 radical (unpaired) electrons. The van der Waals surface area contributed by atoms with Gasteiger partial charge in [0.1, 0.15) is 0 Å². The van der Waals surface area contributed by atoms with Crippen LogP contribution in [-0.2, 0) is 5.41 Å². The van der Waals surface area contributed by atoms with Gasteiger partial charge in [0.25, 0.3) is 0 Å². The van der Waals surface area contributed by atoms with Gasteiger partial charge in [-0.15, -0.1) is 23.1 Å². The van der Waals surface area contributed by atoms with Crippen LogP contribution in [0, 0.1) is 0 Å². The molecule has 0 fully saturated rings. The number of thioether (sulfide) groups is 1. The Balaban J connectivity index is 0.926. The van der Waals surface area contributed by atoms with Crippen LogP contribution in [-0.4, -0.2) is 25.9 Å². The Morgan fingerprint density at radius 1 is 0.443 bits per heavy atom. The van der Waals surface area contributed by atoms with Gasteiger partial charge in [0, 0.05) is 42.9 Å². The molecule has 0 saturated carbocycles. The molecule has 4 nitrogen and oxygen atoms in total. The van der Waals surface area contributed by atoms with Gasteiger partial charge in [0.2, 0.25) is 0 Å². The van der Waals surface area contributed by atoms with E-state index in [-0.39, 0.29) is 10.7 Å². The topological polar surface area (TPSA) is 51.0 Å². The fourth-order valence-electron chi connectivity index (χ4n) is 9.25. The van der Waals surface area contributed by atoms with Crippen molar-refractivity contribution in [2.75, 3.05) is 0 Å². The molecular weight excluding hydrogens is 781 g/mol. The van der Waals surface area contributed by atoms with Gasteiger partial charge in [0.05, 0.1) is 39.4 Å². The second kappa shape index (κ2) is 14.3. The minimum Gasteiger partial charge on any atom is -0.255 e. The highest BCUT2D eigenvalue weighted by Gasteiger charge is 2.51. The number of hydrogen-bond acceptors (Lipinski definition) is 6. The number of nitrogens with zero attached hydrogens (tertiary/aromatic N) is 4. The van der Waals surface area contributed by atoms with E-state index in [4.69, 9.17) is 9.98 Å². The molecule has 2 atom stereocenters. The molecule has 10 aromatic rings. The zero-order valence-corrected chi connectivity index (χ0v) is 34.8. The molecule has 6 heteroatoms. The van der Waals surface area contributed by atoms with Crippen LogP contribution >= 0.6 is 23.1 Å². The van der Waals surface area contributed by atoms with Crippen LogP contribution in [0.4, 0.5) is 5.69 Å². The van der Waals surface area contributed by atoms with Crippen molar-refractivity contribution < 1.29 is 0 Å². The number of pyridine rings is 3. The van der Waals surface area contributed by atoms with Crippen LogP contribution in [0.2, 0.25) is 0 Å². The first kappa shape index (κ1) is 35.9. The third-order valence-corrected chi connectivity index (χ3v) is 15.1. The smallest absolute Gasteiger partial charge is 0.0900 e. The predicted molar refractivity (Wildman–Crippen MR) is 255 cm³/mol. The molecule has 0 aliphatic carbocycles.